The van der Waals surface area contributed by atoms with E-state index in [-0.39, 0.29) is 5.56 Å². The second-order valence-electron chi connectivity index (χ2n) is 4.55. The first-order chi connectivity index (χ1) is 8.51. The summed E-state index contributed by atoms with van der Waals surface area (Å²) in [6.07, 6.45) is 4.33. The van der Waals surface area contributed by atoms with E-state index in [1.807, 2.05) is 0 Å². The van der Waals surface area contributed by atoms with Gasteiger partial charge in [0.2, 0.25) is 0 Å². The normalized spacial score (nSPS) is 12.5. The number of rotatable bonds is 6. The van der Waals surface area contributed by atoms with Gasteiger partial charge in [-0.2, -0.15) is 5.10 Å². The van der Waals surface area contributed by atoms with E-state index in [0.29, 0.717) is 23.0 Å². The molecular formula is C13H20BrN3O. The van der Waals surface area contributed by atoms with Gasteiger partial charge in [-0.15, -0.1) is 6.58 Å². The molecule has 0 amide bonds. The maximum atomic E-state index is 12.0. The molecule has 0 fully saturated rings. The van der Waals surface area contributed by atoms with Crippen LogP contribution >= 0.6 is 15.9 Å². The number of hydrogen-bond acceptors (Lipinski definition) is 3. The summed E-state index contributed by atoms with van der Waals surface area (Å²) in [5.74, 6) is 0.498. The molecule has 1 heterocycles. The predicted octanol–water partition coefficient (Wildman–Crippen LogP) is 3.04. The van der Waals surface area contributed by atoms with Crippen LogP contribution in [0.5, 0.6) is 0 Å². The van der Waals surface area contributed by atoms with Gasteiger partial charge in [0.25, 0.3) is 5.56 Å². The van der Waals surface area contributed by atoms with Gasteiger partial charge in [-0.3, -0.25) is 4.79 Å². The molecule has 0 bridgehead atoms. The first kappa shape index (κ1) is 15.0. The van der Waals surface area contributed by atoms with E-state index in [9.17, 15) is 4.79 Å². The second kappa shape index (κ2) is 6.73. The molecule has 1 N–H and O–H groups in total. The fraction of sp³-hybridized carbons (Fsp3) is 0.538. The Hall–Kier alpha value is -1.10. The topological polar surface area (TPSA) is 46.9 Å². The minimum absolute atomic E-state index is 0.140. The van der Waals surface area contributed by atoms with Crippen LogP contribution in [0.4, 0.5) is 5.69 Å². The quantitative estimate of drug-likeness (QED) is 0.821. The lowest BCUT2D eigenvalue weighted by atomic mass is 10.0. The minimum Gasteiger partial charge on any atom is -0.380 e. The summed E-state index contributed by atoms with van der Waals surface area (Å²) >= 11 is 3.34. The van der Waals surface area contributed by atoms with Crippen molar-refractivity contribution >= 4 is 21.6 Å². The summed E-state index contributed by atoms with van der Waals surface area (Å²) < 4.78 is 1.90. The molecule has 0 aromatic carbocycles. The van der Waals surface area contributed by atoms with E-state index in [0.717, 1.165) is 12.1 Å². The van der Waals surface area contributed by atoms with E-state index in [1.165, 1.54) is 4.68 Å². The smallest absolute Gasteiger partial charge is 0.283 e. The second-order valence-corrected chi connectivity index (χ2v) is 5.34. The molecule has 0 aliphatic heterocycles. The zero-order valence-electron chi connectivity index (χ0n) is 11.1. The maximum Gasteiger partial charge on any atom is 0.283 e. The Morgan fingerprint density at radius 1 is 1.61 bits per heavy atom. The van der Waals surface area contributed by atoms with Crippen molar-refractivity contribution in [3.05, 3.63) is 33.7 Å². The third kappa shape index (κ3) is 3.45. The van der Waals surface area contributed by atoms with Crippen LogP contribution in [-0.2, 0) is 6.54 Å². The molecule has 4 nitrogen and oxygen atoms in total. The van der Waals surface area contributed by atoms with E-state index >= 15 is 0 Å². The molecule has 100 valence electrons. The van der Waals surface area contributed by atoms with Crippen LogP contribution in [0, 0.1) is 5.92 Å². The van der Waals surface area contributed by atoms with Gasteiger partial charge in [0.15, 0.2) is 0 Å². The molecule has 18 heavy (non-hydrogen) atoms. The fourth-order valence-corrected chi connectivity index (χ4v) is 2.18. The van der Waals surface area contributed by atoms with Crippen molar-refractivity contribution < 1.29 is 0 Å². The summed E-state index contributed by atoms with van der Waals surface area (Å²) in [4.78, 5) is 12.0. The van der Waals surface area contributed by atoms with Crippen LogP contribution < -0.4 is 10.9 Å². The minimum atomic E-state index is -0.140. The molecule has 1 unspecified atom stereocenters. The Morgan fingerprint density at radius 3 is 2.78 bits per heavy atom. The highest BCUT2D eigenvalue weighted by Crippen LogP contribution is 2.20. The van der Waals surface area contributed by atoms with Crippen LogP contribution in [0.1, 0.15) is 27.2 Å². The molecular weight excluding hydrogens is 294 g/mol. The maximum absolute atomic E-state index is 12.0. The molecule has 0 aliphatic rings. The van der Waals surface area contributed by atoms with Gasteiger partial charge < -0.3 is 5.32 Å². The third-order valence-corrected chi connectivity index (χ3v) is 3.64. The van der Waals surface area contributed by atoms with Gasteiger partial charge >= 0.3 is 0 Å². The molecule has 0 saturated heterocycles. The van der Waals surface area contributed by atoms with Crippen molar-refractivity contribution in [1.82, 2.24) is 9.78 Å². The monoisotopic (exact) mass is 313 g/mol. The number of hydrogen-bond donors (Lipinski definition) is 1. The summed E-state index contributed by atoms with van der Waals surface area (Å²) in [5.41, 5.74) is 0.611. The highest BCUT2D eigenvalue weighted by molar-refractivity contribution is 9.10. The Morgan fingerprint density at radius 2 is 2.28 bits per heavy atom. The van der Waals surface area contributed by atoms with Gasteiger partial charge in [0.05, 0.1) is 18.4 Å². The summed E-state index contributed by atoms with van der Waals surface area (Å²) in [6, 6.07) is 0.331. The van der Waals surface area contributed by atoms with Crippen molar-refractivity contribution in [2.24, 2.45) is 5.92 Å². The molecule has 1 rings (SSSR count). The lowest BCUT2D eigenvalue weighted by Gasteiger charge is -2.22. The summed E-state index contributed by atoms with van der Waals surface area (Å²) in [6.45, 7) is 10.5. The molecule has 1 aromatic heterocycles. The van der Waals surface area contributed by atoms with Crippen molar-refractivity contribution in [2.75, 3.05) is 5.32 Å². The highest BCUT2D eigenvalue weighted by Gasteiger charge is 2.14. The Kier molecular flexibility index (Phi) is 5.59. The summed E-state index contributed by atoms with van der Waals surface area (Å²) in [5, 5.41) is 7.47. The molecule has 0 saturated carbocycles. The van der Waals surface area contributed by atoms with Crippen molar-refractivity contribution in [3.8, 4) is 0 Å². The van der Waals surface area contributed by atoms with Crippen molar-refractivity contribution in [1.29, 1.82) is 0 Å². The zero-order valence-corrected chi connectivity index (χ0v) is 12.7. The van der Waals surface area contributed by atoms with Crippen LogP contribution in [0.25, 0.3) is 0 Å². The van der Waals surface area contributed by atoms with Gasteiger partial charge in [0.1, 0.15) is 4.47 Å². The Bertz CT molecular complexity index is 468. The number of allylic oxidation sites excluding steroid dienone is 1. The van der Waals surface area contributed by atoms with Crippen LogP contribution in [0.3, 0.4) is 0 Å². The first-order valence-corrected chi connectivity index (χ1v) is 6.93. The fourth-order valence-electron chi connectivity index (χ4n) is 1.76. The van der Waals surface area contributed by atoms with Gasteiger partial charge in [0, 0.05) is 6.04 Å². The van der Waals surface area contributed by atoms with Gasteiger partial charge in [-0.25, -0.2) is 4.68 Å². The Labute approximate surface area is 116 Å². The van der Waals surface area contributed by atoms with E-state index in [4.69, 9.17) is 0 Å². The number of nitrogens with one attached hydrogen (secondary N) is 1. The zero-order chi connectivity index (χ0) is 13.7. The average molecular weight is 314 g/mol. The van der Waals surface area contributed by atoms with Crippen LogP contribution in [0.2, 0.25) is 0 Å². The molecule has 1 aromatic rings. The van der Waals surface area contributed by atoms with Crippen molar-refractivity contribution in [3.63, 3.8) is 0 Å². The lowest BCUT2D eigenvalue weighted by molar-refractivity contribution is 0.510. The summed E-state index contributed by atoms with van der Waals surface area (Å²) in [7, 11) is 0. The third-order valence-electron chi connectivity index (χ3n) is 2.87. The van der Waals surface area contributed by atoms with Gasteiger partial charge in [-0.05, 0) is 28.3 Å². The van der Waals surface area contributed by atoms with Crippen molar-refractivity contribution in [2.45, 2.75) is 39.8 Å². The lowest BCUT2D eigenvalue weighted by Crippen LogP contribution is -2.28. The number of anilines is 1. The predicted molar refractivity (Wildman–Crippen MR) is 78.9 cm³/mol. The van der Waals surface area contributed by atoms with Crippen LogP contribution in [-0.4, -0.2) is 15.8 Å². The number of halogens is 1. The molecule has 0 spiro atoms. The largest absolute Gasteiger partial charge is 0.380 e. The van der Waals surface area contributed by atoms with E-state index in [1.54, 1.807) is 12.3 Å². The number of aromatic nitrogens is 2. The van der Waals surface area contributed by atoms with E-state index < -0.39 is 0 Å². The van der Waals surface area contributed by atoms with Crippen LogP contribution in [0.15, 0.2) is 28.1 Å². The Balaban J connectivity index is 3.01. The molecule has 0 radical (unpaired) electrons. The molecule has 1 atom stereocenters. The molecule has 0 aliphatic carbocycles. The highest BCUT2D eigenvalue weighted by atomic mass is 79.9. The first-order valence-electron chi connectivity index (χ1n) is 6.14. The van der Waals surface area contributed by atoms with E-state index in [2.05, 4.69) is 53.7 Å². The average Bonchev–Trinajstić information content (AvgIpc) is 2.34. The number of nitrogens with zero attached hydrogens (tertiary/aromatic N) is 2. The standard InChI is InChI=1S/C13H20BrN3O/c1-5-7-17-13(18)12(14)11(8-15-17)16-10(6-2)9(3)4/h5,8-10,16H,1,6-7H2,2-4H3. The molecule has 5 heteroatoms. The van der Waals surface area contributed by atoms with Gasteiger partial charge in [-0.1, -0.05) is 26.8 Å². The SMILES string of the molecule is C=CCn1ncc(NC(CC)C(C)C)c(Br)c1=O.